The van der Waals surface area contributed by atoms with E-state index in [4.69, 9.17) is 27.2 Å². The summed E-state index contributed by atoms with van der Waals surface area (Å²) in [6.45, 7) is 3.75. The Balaban J connectivity index is 1.27. The molecule has 262 valence electrons. The van der Waals surface area contributed by atoms with Crippen molar-refractivity contribution in [2.24, 2.45) is 41.9 Å². The van der Waals surface area contributed by atoms with Gasteiger partial charge in [-0.2, -0.15) is 10.00 Å². The maximum atomic E-state index is 15.0. The van der Waals surface area contributed by atoms with Crippen LogP contribution in [0.15, 0.2) is 48.0 Å². The molecule has 0 radical (unpaired) electrons. The monoisotopic (exact) mass is 839 g/mol. The predicted octanol–water partition coefficient (Wildman–Crippen LogP) is 5.89. The van der Waals surface area contributed by atoms with E-state index < -0.39 is 64.7 Å². The molecule has 3 fully saturated rings. The number of anilines is 1. The van der Waals surface area contributed by atoms with E-state index in [-0.39, 0.29) is 24.3 Å². The highest BCUT2D eigenvalue weighted by Gasteiger charge is 2.68. The Hall–Kier alpha value is -4.28. The lowest BCUT2D eigenvalue weighted by Crippen LogP contribution is -2.49. The number of phenols is 1. The number of benzene rings is 2. The maximum absolute atomic E-state index is 15.0. The van der Waals surface area contributed by atoms with Crippen molar-refractivity contribution in [3.63, 3.8) is 0 Å². The number of aryl methyl sites for hydroxylation is 2. The van der Waals surface area contributed by atoms with Gasteiger partial charge in [0.25, 0.3) is 0 Å². The van der Waals surface area contributed by atoms with Crippen LogP contribution in [0.3, 0.4) is 0 Å². The first-order valence-corrected chi connectivity index (χ1v) is 18.5. The van der Waals surface area contributed by atoms with Crippen LogP contribution in [-0.2, 0) is 26.2 Å². The average molecular weight is 840 g/mol. The van der Waals surface area contributed by atoms with E-state index in [2.05, 4.69) is 0 Å². The third kappa shape index (κ3) is 4.61. The summed E-state index contributed by atoms with van der Waals surface area (Å²) in [5.74, 6) is -5.89. The van der Waals surface area contributed by atoms with Crippen LogP contribution in [0.25, 0.3) is 20.7 Å². The highest BCUT2D eigenvalue weighted by atomic mass is 127. The smallest absolute Gasteiger partial charge is 0.328 e. The number of halogens is 2. The summed E-state index contributed by atoms with van der Waals surface area (Å²) in [7, 11) is 3.11. The second-order valence-corrected chi connectivity index (χ2v) is 16.4. The van der Waals surface area contributed by atoms with Crippen molar-refractivity contribution < 1.29 is 33.8 Å². The summed E-state index contributed by atoms with van der Waals surface area (Å²) in [4.78, 5) is 71.6. The molecule has 51 heavy (non-hydrogen) atoms. The van der Waals surface area contributed by atoms with E-state index in [0.29, 0.717) is 30.6 Å². The third-order valence-corrected chi connectivity index (χ3v) is 13.7. The molecule has 6 unspecified atom stereocenters. The first-order valence-electron chi connectivity index (χ1n) is 16.2. The average Bonchev–Trinajstić information content (AvgIpc) is 3.76. The lowest BCUT2D eigenvalue weighted by atomic mass is 9.51. The molecule has 15 heteroatoms. The number of nitrogens with zero attached hydrogens (tertiary/aromatic N) is 4. The highest BCUT2D eigenvalue weighted by Crippen LogP contribution is 2.64. The van der Waals surface area contributed by atoms with Gasteiger partial charge in [0.2, 0.25) is 23.6 Å². The lowest BCUT2D eigenvalue weighted by molar-refractivity contribution is -0.136. The number of amides is 6. The number of thiophene rings is 1. The maximum Gasteiger partial charge on any atom is 0.328 e. The van der Waals surface area contributed by atoms with Crippen molar-refractivity contribution in [2.75, 3.05) is 12.0 Å². The largest absolute Gasteiger partial charge is 0.504 e. The first-order chi connectivity index (χ1) is 24.2. The molecule has 8 rings (SSSR count). The number of aromatic hydroxyl groups is 1. The molecule has 0 bridgehead atoms. The molecule has 2 aliphatic carbocycles. The summed E-state index contributed by atoms with van der Waals surface area (Å²) < 4.78 is 8.52. The molecule has 12 nitrogen and oxygen atoms in total. The number of ether oxygens (including phenoxy) is 1. The number of fused-ring (bicyclic) bond motifs is 5. The molecule has 4 aromatic rings. The van der Waals surface area contributed by atoms with Crippen LogP contribution in [0, 0.1) is 39.6 Å². The van der Waals surface area contributed by atoms with Gasteiger partial charge in [-0.1, -0.05) is 23.3 Å². The highest BCUT2D eigenvalue weighted by molar-refractivity contribution is 14.1. The Morgan fingerprint density at radius 2 is 1.86 bits per heavy atom. The van der Waals surface area contributed by atoms with Gasteiger partial charge in [0.15, 0.2) is 11.5 Å². The number of nitrogens with two attached hydrogens (primary N) is 1. The minimum atomic E-state index is -1.35. The molecule has 2 aromatic heterocycles. The fourth-order valence-electron chi connectivity index (χ4n) is 8.96. The van der Waals surface area contributed by atoms with E-state index in [1.165, 1.54) is 28.0 Å². The number of aromatic nitrogens is 2. The van der Waals surface area contributed by atoms with E-state index >= 15 is 4.79 Å². The topological polar surface area (TPSA) is 165 Å². The number of likely N-dealkylation sites (tertiary alicyclic amines) is 1. The Morgan fingerprint density at radius 3 is 2.57 bits per heavy atom. The zero-order valence-electron chi connectivity index (χ0n) is 27.8. The normalized spacial score (nSPS) is 27.2. The number of hydrogen-bond acceptors (Lipinski definition) is 9. The number of carbonyl (C=O) groups is 5. The third-order valence-electron chi connectivity index (χ3n) is 11.3. The molecule has 3 N–H and O–H groups in total. The number of phenolic OH excluding ortho intramolecular Hbond substituents is 1. The number of hydrogen-bond donors (Lipinski definition) is 2. The molecule has 1 saturated carbocycles. The minimum absolute atomic E-state index is 0.0704. The van der Waals surface area contributed by atoms with Gasteiger partial charge in [0.1, 0.15) is 11.5 Å². The Kier molecular flexibility index (Phi) is 7.71. The van der Waals surface area contributed by atoms with Crippen molar-refractivity contribution in [3.05, 3.63) is 67.8 Å². The van der Waals surface area contributed by atoms with E-state index in [9.17, 15) is 24.3 Å². The fraction of sp³-hybridized carbons (Fsp3) is 0.333. The molecule has 4 heterocycles. The number of methoxy groups -OCH3 is 1. The van der Waals surface area contributed by atoms with E-state index in [1.54, 1.807) is 32.2 Å². The van der Waals surface area contributed by atoms with Crippen molar-refractivity contribution in [2.45, 2.75) is 32.6 Å². The Labute approximate surface area is 314 Å². The van der Waals surface area contributed by atoms with E-state index in [0.717, 1.165) is 26.1 Å². The van der Waals surface area contributed by atoms with Gasteiger partial charge in [-0.3, -0.25) is 23.9 Å². The molecular formula is C36H31ClIN5O7S. The van der Waals surface area contributed by atoms with Crippen molar-refractivity contribution in [1.82, 2.24) is 14.7 Å². The quantitative estimate of drug-likeness (QED) is 0.146. The first kappa shape index (κ1) is 33.8. The van der Waals surface area contributed by atoms with Crippen LogP contribution >= 0.6 is 45.5 Å². The zero-order valence-corrected chi connectivity index (χ0v) is 31.5. The molecule has 6 atom stereocenters. The number of rotatable bonds is 4. The van der Waals surface area contributed by atoms with Crippen LogP contribution in [0.5, 0.6) is 11.5 Å². The molecule has 2 saturated heterocycles. The molecule has 2 aliphatic heterocycles. The molecule has 6 amide bonds. The molecule has 0 spiro atoms. The van der Waals surface area contributed by atoms with Crippen LogP contribution in [0.2, 0.25) is 5.02 Å². The van der Waals surface area contributed by atoms with Gasteiger partial charge in [-0.05, 0) is 102 Å². The van der Waals surface area contributed by atoms with Crippen LogP contribution in [0.4, 0.5) is 10.6 Å². The van der Waals surface area contributed by atoms with Crippen LogP contribution in [-0.4, -0.2) is 56.6 Å². The zero-order chi connectivity index (χ0) is 36.4. The Morgan fingerprint density at radius 1 is 1.12 bits per heavy atom. The molecule has 4 aliphatic rings. The summed E-state index contributed by atoms with van der Waals surface area (Å²) in [5.41, 5.74) is 7.03. The van der Waals surface area contributed by atoms with Gasteiger partial charge in [-0.25, -0.2) is 9.69 Å². The van der Waals surface area contributed by atoms with Crippen molar-refractivity contribution in [3.8, 4) is 22.1 Å². The van der Waals surface area contributed by atoms with Gasteiger partial charge in [0.05, 0.1) is 38.7 Å². The molecule has 2 aromatic carbocycles. The standard InChI is InChI=1S/C36H31ClIN5O7S/c1-14-19-11-16(37)5-8-25(19)51-30(14)23-13-26(41(3)40-23)42-32(46)21-12-20-17(6-7-18-27(20)33(47)43(31(18)45)35(39)49)28(36(21,2)34(42)48)15-9-22(38)29(44)24(10-15)50-4/h5-6,8-11,13,18,20-21,27-28,44H,7,12H2,1-4H3,(H2,39,49). The predicted molar refractivity (Wildman–Crippen MR) is 197 cm³/mol. The number of allylic oxidation sites excluding steroid dienone is 2. The SMILES string of the molecule is COc1cc(C2C3=CCC4C(=O)N(C(N)=O)C(=O)C4C3CC3C(=O)N(c4cc(-c5sc6ccc(Cl)cc6c5C)nn4C)C(=O)C32C)cc(I)c1O. The number of urea groups is 1. The summed E-state index contributed by atoms with van der Waals surface area (Å²) in [6.07, 6.45) is 2.13. The summed E-state index contributed by atoms with van der Waals surface area (Å²) in [5, 5.41) is 17.1. The number of imide groups is 4. The van der Waals surface area contributed by atoms with Crippen molar-refractivity contribution >= 4 is 91.1 Å². The fourth-order valence-corrected chi connectivity index (χ4v) is 10.9. The van der Waals surface area contributed by atoms with Gasteiger partial charge >= 0.3 is 6.03 Å². The van der Waals surface area contributed by atoms with Gasteiger partial charge < -0.3 is 15.6 Å². The van der Waals surface area contributed by atoms with Crippen molar-refractivity contribution in [1.29, 1.82) is 0 Å². The van der Waals surface area contributed by atoms with Crippen LogP contribution in [0.1, 0.15) is 36.8 Å². The summed E-state index contributed by atoms with van der Waals surface area (Å²) in [6, 6.07) is 9.67. The Bertz CT molecular complexity index is 2320. The second-order valence-electron chi connectivity index (χ2n) is 13.8. The van der Waals surface area contributed by atoms with Gasteiger partial charge in [0, 0.05) is 28.8 Å². The number of primary amides is 1. The lowest BCUT2D eigenvalue weighted by Gasteiger charge is -2.49. The minimum Gasteiger partial charge on any atom is -0.504 e. The second kappa shape index (κ2) is 11.6. The summed E-state index contributed by atoms with van der Waals surface area (Å²) >= 11 is 9.81. The number of carbonyl (C=O) groups excluding carboxylic acids is 5. The van der Waals surface area contributed by atoms with Gasteiger partial charge in [-0.15, -0.1) is 11.3 Å². The molecular weight excluding hydrogens is 809 g/mol. The van der Waals surface area contributed by atoms with E-state index in [1.807, 2.05) is 53.8 Å². The van der Waals surface area contributed by atoms with Crippen LogP contribution < -0.4 is 15.4 Å².